The van der Waals surface area contributed by atoms with E-state index >= 15 is 0 Å². The van der Waals surface area contributed by atoms with Gasteiger partial charge in [-0.2, -0.15) is 0 Å². The molecular weight excluding hydrogens is 328 g/mol. The summed E-state index contributed by atoms with van der Waals surface area (Å²) in [6.45, 7) is 6.72. The van der Waals surface area contributed by atoms with Gasteiger partial charge in [-0.15, -0.1) is 0 Å². The summed E-state index contributed by atoms with van der Waals surface area (Å²) < 4.78 is 0. The zero-order valence-electron chi connectivity index (χ0n) is 16.4. The van der Waals surface area contributed by atoms with Crippen molar-refractivity contribution in [3.8, 4) is 0 Å². The minimum absolute atomic E-state index is 0.126. The van der Waals surface area contributed by atoms with E-state index in [2.05, 4.69) is 26.8 Å². The number of aliphatic hydroxyl groups is 2. The van der Waals surface area contributed by atoms with Crippen LogP contribution in [0.15, 0.2) is 11.6 Å². The second-order valence-electron chi connectivity index (χ2n) is 10.3. The van der Waals surface area contributed by atoms with E-state index in [0.717, 1.165) is 38.5 Å². The van der Waals surface area contributed by atoms with Crippen molar-refractivity contribution in [3.63, 3.8) is 0 Å². The maximum atomic E-state index is 11.4. The summed E-state index contributed by atoms with van der Waals surface area (Å²) in [5.41, 5.74) is 0.270. The highest BCUT2D eigenvalue weighted by atomic mass is 16.4. The molecule has 0 amide bonds. The predicted molar refractivity (Wildman–Crippen MR) is 99.5 cm³/mol. The molecule has 4 aliphatic carbocycles. The number of carboxylic acids is 1. The highest BCUT2D eigenvalue weighted by Crippen LogP contribution is 2.67. The van der Waals surface area contributed by atoms with Crippen LogP contribution in [-0.2, 0) is 4.79 Å². The molecule has 4 rings (SSSR count). The third-order valence-corrected chi connectivity index (χ3v) is 9.22. The first-order valence-electron chi connectivity index (χ1n) is 10.4. The van der Waals surface area contributed by atoms with Gasteiger partial charge in [0.15, 0.2) is 0 Å². The van der Waals surface area contributed by atoms with Gasteiger partial charge in [-0.05, 0) is 79.4 Å². The van der Waals surface area contributed by atoms with E-state index in [1.165, 1.54) is 5.57 Å². The van der Waals surface area contributed by atoms with Gasteiger partial charge >= 0.3 is 5.97 Å². The number of hydrogen-bond donors (Lipinski definition) is 3. The van der Waals surface area contributed by atoms with Crippen LogP contribution in [0, 0.1) is 34.5 Å². The van der Waals surface area contributed by atoms with Crippen LogP contribution >= 0.6 is 0 Å². The number of carbonyl (C=O) groups is 1. The Bertz CT molecular complexity index is 642. The topological polar surface area (TPSA) is 77.8 Å². The molecule has 4 heteroatoms. The average molecular weight is 363 g/mol. The summed E-state index contributed by atoms with van der Waals surface area (Å²) >= 11 is 0. The van der Waals surface area contributed by atoms with Crippen LogP contribution in [-0.4, -0.2) is 33.0 Å². The van der Waals surface area contributed by atoms with Crippen LogP contribution < -0.4 is 0 Å². The normalized spacial score (nSPS) is 53.3. The smallest absolute Gasteiger partial charge is 0.306 e. The summed E-state index contributed by atoms with van der Waals surface area (Å²) in [6.07, 6.45) is 8.47. The van der Waals surface area contributed by atoms with E-state index in [9.17, 15) is 20.1 Å². The molecule has 0 unspecified atom stereocenters. The Kier molecular flexibility index (Phi) is 4.13. The molecule has 3 N–H and O–H groups in total. The largest absolute Gasteiger partial charge is 0.481 e. The molecule has 8 atom stereocenters. The van der Waals surface area contributed by atoms with E-state index in [4.69, 9.17) is 0 Å². The van der Waals surface area contributed by atoms with Crippen LogP contribution in [0.4, 0.5) is 0 Å². The molecule has 4 nitrogen and oxygen atoms in total. The van der Waals surface area contributed by atoms with E-state index < -0.39 is 11.6 Å². The first-order chi connectivity index (χ1) is 12.1. The summed E-state index contributed by atoms with van der Waals surface area (Å²) in [5, 5.41) is 30.9. The molecule has 0 aromatic heterocycles. The fourth-order valence-corrected chi connectivity index (χ4v) is 7.64. The molecule has 4 aliphatic rings. The average Bonchev–Trinajstić information content (AvgIpc) is 2.80. The standard InChI is InChI=1S/C22H34O4/c1-13-11-20(2)14(10-18(13)23)4-5-15-16(20)6-8-21(3)17(15)7-9-22(21,26)12-19(24)25/h4,13,15-18,23,26H,5-12H2,1-3H3,(H,24,25)/t13-,15-,16+,17+,18-,20+,21+,22-/m1/s1. The van der Waals surface area contributed by atoms with Gasteiger partial charge in [-0.3, -0.25) is 4.79 Å². The van der Waals surface area contributed by atoms with Crippen molar-refractivity contribution in [1.82, 2.24) is 0 Å². The molecule has 3 saturated carbocycles. The molecule has 0 aliphatic heterocycles. The number of carboxylic acid groups (broad SMARTS) is 1. The fourth-order valence-electron chi connectivity index (χ4n) is 7.64. The molecule has 146 valence electrons. The maximum Gasteiger partial charge on any atom is 0.306 e. The minimum atomic E-state index is -1.06. The number of rotatable bonds is 2. The van der Waals surface area contributed by atoms with Crippen LogP contribution in [0.2, 0.25) is 0 Å². The highest BCUT2D eigenvalue weighted by Gasteiger charge is 2.64. The summed E-state index contributed by atoms with van der Waals surface area (Å²) in [7, 11) is 0. The first-order valence-corrected chi connectivity index (χ1v) is 10.4. The zero-order chi connectivity index (χ0) is 18.9. The number of fused-ring (bicyclic) bond motifs is 5. The molecule has 0 heterocycles. The van der Waals surface area contributed by atoms with Gasteiger partial charge in [0.2, 0.25) is 0 Å². The molecule has 0 saturated heterocycles. The number of hydrogen-bond acceptors (Lipinski definition) is 3. The lowest BCUT2D eigenvalue weighted by molar-refractivity contribution is -0.158. The van der Waals surface area contributed by atoms with Gasteiger partial charge in [0.1, 0.15) is 0 Å². The second kappa shape index (κ2) is 5.81. The third-order valence-electron chi connectivity index (χ3n) is 9.22. The van der Waals surface area contributed by atoms with Crippen molar-refractivity contribution in [3.05, 3.63) is 11.6 Å². The van der Waals surface area contributed by atoms with Crippen LogP contribution in [0.25, 0.3) is 0 Å². The van der Waals surface area contributed by atoms with Crippen molar-refractivity contribution in [2.75, 3.05) is 0 Å². The maximum absolute atomic E-state index is 11.4. The molecule has 0 bridgehead atoms. The number of allylic oxidation sites excluding steroid dienone is 1. The number of aliphatic hydroxyl groups excluding tert-OH is 1. The second-order valence-corrected chi connectivity index (χ2v) is 10.3. The predicted octanol–water partition coefficient (Wildman–Crippen LogP) is 3.76. The lowest BCUT2D eigenvalue weighted by Crippen LogP contribution is -2.55. The molecule has 0 aromatic carbocycles. The van der Waals surface area contributed by atoms with E-state index in [-0.39, 0.29) is 23.4 Å². The Morgan fingerprint density at radius 2 is 1.92 bits per heavy atom. The van der Waals surface area contributed by atoms with Gasteiger partial charge in [0.25, 0.3) is 0 Å². The van der Waals surface area contributed by atoms with Crippen LogP contribution in [0.3, 0.4) is 0 Å². The summed E-state index contributed by atoms with van der Waals surface area (Å²) in [6, 6.07) is 0. The summed E-state index contributed by atoms with van der Waals surface area (Å²) in [5.74, 6) is 0.985. The van der Waals surface area contributed by atoms with Gasteiger partial charge in [-0.25, -0.2) is 0 Å². The molecular formula is C22H34O4. The Labute approximate surface area is 156 Å². The zero-order valence-corrected chi connectivity index (χ0v) is 16.4. The lowest BCUT2D eigenvalue weighted by Gasteiger charge is -2.59. The van der Waals surface area contributed by atoms with Crippen LogP contribution in [0.1, 0.15) is 72.1 Å². The van der Waals surface area contributed by atoms with Crippen LogP contribution in [0.5, 0.6) is 0 Å². The van der Waals surface area contributed by atoms with Gasteiger partial charge < -0.3 is 15.3 Å². The highest BCUT2D eigenvalue weighted by molar-refractivity contribution is 5.68. The molecule has 26 heavy (non-hydrogen) atoms. The molecule has 0 aromatic rings. The quantitative estimate of drug-likeness (QED) is 0.654. The molecule has 3 fully saturated rings. The van der Waals surface area contributed by atoms with Gasteiger partial charge in [0.05, 0.1) is 18.1 Å². The van der Waals surface area contributed by atoms with Gasteiger partial charge in [-0.1, -0.05) is 32.4 Å². The van der Waals surface area contributed by atoms with Crippen molar-refractivity contribution in [1.29, 1.82) is 0 Å². The fraction of sp³-hybridized carbons (Fsp3) is 0.864. The Hall–Kier alpha value is -0.870. The Morgan fingerprint density at radius 3 is 2.62 bits per heavy atom. The van der Waals surface area contributed by atoms with Crippen molar-refractivity contribution in [2.24, 2.45) is 34.5 Å². The minimum Gasteiger partial charge on any atom is -0.481 e. The first kappa shape index (κ1) is 18.5. The van der Waals surface area contributed by atoms with Gasteiger partial charge in [0, 0.05) is 0 Å². The van der Waals surface area contributed by atoms with E-state index in [0.29, 0.717) is 30.1 Å². The molecule has 0 spiro atoms. The summed E-state index contributed by atoms with van der Waals surface area (Å²) in [4.78, 5) is 11.4. The van der Waals surface area contributed by atoms with Crippen molar-refractivity contribution < 1.29 is 20.1 Å². The number of aliphatic carboxylic acids is 1. The lowest BCUT2D eigenvalue weighted by atomic mass is 9.46. The molecule has 0 radical (unpaired) electrons. The Balaban J connectivity index is 1.66. The Morgan fingerprint density at radius 1 is 1.23 bits per heavy atom. The monoisotopic (exact) mass is 362 g/mol. The van der Waals surface area contributed by atoms with Crippen molar-refractivity contribution in [2.45, 2.75) is 83.8 Å². The third kappa shape index (κ3) is 2.37. The SMILES string of the molecule is C[C@@H]1C[C@@]2(C)C(=CC[C@@H]3[C@@H]2CC[C@@]2(C)[C@H]3CC[C@@]2(O)CC(=O)O)C[C@H]1O. The van der Waals surface area contributed by atoms with E-state index in [1.54, 1.807) is 0 Å². The van der Waals surface area contributed by atoms with E-state index in [1.807, 2.05) is 0 Å². The van der Waals surface area contributed by atoms with Crippen molar-refractivity contribution >= 4 is 5.97 Å².